The monoisotopic (exact) mass is 579 g/mol. The number of hydrogen-bond donors (Lipinski definition) is 2. The smallest absolute Gasteiger partial charge is 0.262 e. The minimum Gasteiger partial charge on any atom is -0.484 e. The average Bonchev–Trinajstić information content (AvgIpc) is 3.62. The highest BCUT2D eigenvalue weighted by Gasteiger charge is 2.42. The number of benzene rings is 3. The Morgan fingerprint density at radius 1 is 0.927 bits per heavy atom. The fourth-order valence-electron chi connectivity index (χ4n) is 5.00. The first kappa shape index (κ1) is 26.6. The summed E-state index contributed by atoms with van der Waals surface area (Å²) in [6.07, 6.45) is 3.81. The number of amides is 1. The number of rotatable bonds is 8. The summed E-state index contributed by atoms with van der Waals surface area (Å²) in [4.78, 5) is 19.2. The molecule has 0 bridgehead atoms. The molecular formula is C32H26ClN5O2S. The predicted octanol–water partition coefficient (Wildman–Crippen LogP) is 6.72. The van der Waals surface area contributed by atoms with Gasteiger partial charge in [0, 0.05) is 40.2 Å². The largest absolute Gasteiger partial charge is 0.484 e. The standard InChI is InChI=1S/C32H26ClN5O2S/c33-22-8-6-9-25(20-22)37-19-7-13-28(37)31-30(27-12-4-5-18-34-27)36-32(41)38(31)24-16-14-23(15-17-24)35-29(39)21-40-26-10-2-1-3-11-26/h1-20,30-31H,21H2,(H,35,39)(H,36,41)/t30-,31+/m1/s1. The number of thiocarbonyl (C=S) groups is 1. The summed E-state index contributed by atoms with van der Waals surface area (Å²) >= 11 is 12.2. The van der Waals surface area contributed by atoms with E-state index >= 15 is 0 Å². The number of para-hydroxylation sites is 1. The number of carbonyl (C=O) groups excluding carboxylic acids is 1. The molecule has 1 amide bonds. The first-order valence-corrected chi connectivity index (χ1v) is 13.9. The molecule has 0 aliphatic carbocycles. The second kappa shape index (κ2) is 11.8. The highest BCUT2D eigenvalue weighted by Crippen LogP contribution is 2.42. The van der Waals surface area contributed by atoms with E-state index in [0.717, 1.165) is 22.8 Å². The molecule has 2 aromatic heterocycles. The van der Waals surface area contributed by atoms with Gasteiger partial charge >= 0.3 is 0 Å². The van der Waals surface area contributed by atoms with Gasteiger partial charge in [0.05, 0.1) is 11.7 Å². The van der Waals surface area contributed by atoms with E-state index in [1.807, 2.05) is 109 Å². The van der Waals surface area contributed by atoms with E-state index < -0.39 is 0 Å². The Labute approximate surface area is 248 Å². The molecule has 3 heterocycles. The summed E-state index contributed by atoms with van der Waals surface area (Å²) in [5.74, 6) is 0.400. The second-order valence-electron chi connectivity index (χ2n) is 9.48. The Morgan fingerprint density at radius 3 is 2.49 bits per heavy atom. The Balaban J connectivity index is 1.29. The minimum atomic E-state index is -0.243. The normalized spacial score (nSPS) is 16.3. The van der Waals surface area contributed by atoms with E-state index in [2.05, 4.69) is 31.2 Å². The van der Waals surface area contributed by atoms with Crippen LogP contribution in [-0.4, -0.2) is 27.2 Å². The molecule has 6 rings (SSSR count). The van der Waals surface area contributed by atoms with E-state index in [0.29, 0.717) is 21.6 Å². The lowest BCUT2D eigenvalue weighted by Crippen LogP contribution is -2.30. The van der Waals surface area contributed by atoms with Crippen molar-refractivity contribution in [3.05, 3.63) is 138 Å². The van der Waals surface area contributed by atoms with Crippen molar-refractivity contribution in [3.63, 3.8) is 0 Å². The van der Waals surface area contributed by atoms with E-state index in [9.17, 15) is 4.79 Å². The summed E-state index contributed by atoms with van der Waals surface area (Å²) in [6, 6.07) is 34.2. The van der Waals surface area contributed by atoms with Crippen LogP contribution in [0.15, 0.2) is 122 Å². The van der Waals surface area contributed by atoms with Crippen LogP contribution >= 0.6 is 23.8 Å². The molecule has 2 N–H and O–H groups in total. The van der Waals surface area contributed by atoms with Gasteiger partial charge in [0.15, 0.2) is 11.7 Å². The molecule has 0 unspecified atom stereocenters. The number of anilines is 2. The molecule has 1 aliphatic rings. The average molecular weight is 580 g/mol. The zero-order chi connectivity index (χ0) is 28.2. The van der Waals surface area contributed by atoms with Crippen molar-refractivity contribution in [1.82, 2.24) is 14.9 Å². The van der Waals surface area contributed by atoms with Crippen LogP contribution in [0.25, 0.3) is 5.69 Å². The molecule has 1 saturated heterocycles. The summed E-state index contributed by atoms with van der Waals surface area (Å²) in [7, 11) is 0. The first-order chi connectivity index (χ1) is 20.1. The summed E-state index contributed by atoms with van der Waals surface area (Å²) in [5, 5.41) is 7.63. The van der Waals surface area contributed by atoms with E-state index in [1.165, 1.54) is 0 Å². The van der Waals surface area contributed by atoms with Crippen LogP contribution in [0.3, 0.4) is 0 Å². The van der Waals surface area contributed by atoms with E-state index in [1.54, 1.807) is 6.20 Å². The third-order valence-corrected chi connectivity index (χ3v) is 7.36. The number of halogens is 1. The number of aromatic nitrogens is 2. The molecule has 7 nitrogen and oxygen atoms in total. The third kappa shape index (κ3) is 5.79. The van der Waals surface area contributed by atoms with Crippen LogP contribution in [0.1, 0.15) is 23.5 Å². The van der Waals surface area contributed by atoms with Crippen molar-refractivity contribution in [2.24, 2.45) is 0 Å². The van der Waals surface area contributed by atoms with Gasteiger partial charge in [0.2, 0.25) is 0 Å². The number of carbonyl (C=O) groups is 1. The van der Waals surface area contributed by atoms with Gasteiger partial charge in [-0.3, -0.25) is 9.78 Å². The van der Waals surface area contributed by atoms with Crippen LogP contribution in [0.2, 0.25) is 5.02 Å². The third-order valence-electron chi connectivity index (χ3n) is 6.81. The number of nitrogens with one attached hydrogen (secondary N) is 2. The highest BCUT2D eigenvalue weighted by molar-refractivity contribution is 7.80. The second-order valence-corrected chi connectivity index (χ2v) is 10.3. The van der Waals surface area contributed by atoms with Crippen molar-refractivity contribution >= 4 is 46.2 Å². The fourth-order valence-corrected chi connectivity index (χ4v) is 5.53. The molecule has 0 spiro atoms. The van der Waals surface area contributed by atoms with Gasteiger partial charge < -0.3 is 24.8 Å². The quantitative estimate of drug-likeness (QED) is 0.199. The predicted molar refractivity (Wildman–Crippen MR) is 166 cm³/mol. The van der Waals surface area contributed by atoms with E-state index in [-0.39, 0.29) is 24.6 Å². The van der Waals surface area contributed by atoms with Crippen LogP contribution in [0.5, 0.6) is 5.75 Å². The van der Waals surface area contributed by atoms with Crippen molar-refractivity contribution in [3.8, 4) is 11.4 Å². The number of ether oxygens (including phenoxy) is 1. The van der Waals surface area contributed by atoms with Crippen LogP contribution < -0.4 is 20.3 Å². The topological polar surface area (TPSA) is 71.4 Å². The van der Waals surface area contributed by atoms with Gasteiger partial charge in [0.25, 0.3) is 5.91 Å². The fraction of sp³-hybridized carbons (Fsp3) is 0.0938. The van der Waals surface area contributed by atoms with Crippen LogP contribution in [-0.2, 0) is 4.79 Å². The van der Waals surface area contributed by atoms with Crippen molar-refractivity contribution in [2.45, 2.75) is 12.1 Å². The maximum atomic E-state index is 12.5. The highest BCUT2D eigenvalue weighted by atomic mass is 35.5. The first-order valence-electron chi connectivity index (χ1n) is 13.1. The molecule has 41 heavy (non-hydrogen) atoms. The van der Waals surface area contributed by atoms with Crippen LogP contribution in [0.4, 0.5) is 11.4 Å². The maximum Gasteiger partial charge on any atom is 0.262 e. The zero-order valence-electron chi connectivity index (χ0n) is 21.9. The molecule has 9 heteroatoms. The van der Waals surface area contributed by atoms with Crippen LogP contribution in [0, 0.1) is 0 Å². The van der Waals surface area contributed by atoms with Gasteiger partial charge in [0.1, 0.15) is 11.8 Å². The maximum absolute atomic E-state index is 12.5. The molecule has 2 atom stereocenters. The van der Waals surface area contributed by atoms with Gasteiger partial charge in [-0.05, 0) is 91.1 Å². The molecule has 1 aliphatic heterocycles. The van der Waals surface area contributed by atoms with Crippen molar-refractivity contribution in [2.75, 3.05) is 16.8 Å². The van der Waals surface area contributed by atoms with Gasteiger partial charge in [-0.15, -0.1) is 0 Å². The van der Waals surface area contributed by atoms with Gasteiger partial charge in [-0.25, -0.2) is 0 Å². The van der Waals surface area contributed by atoms with Crippen molar-refractivity contribution < 1.29 is 9.53 Å². The van der Waals surface area contributed by atoms with Gasteiger partial charge in [-0.2, -0.15) is 0 Å². The SMILES string of the molecule is O=C(COc1ccccc1)Nc1ccc(N2C(=S)N[C@H](c3ccccn3)[C@@H]2c2cccn2-c2cccc(Cl)c2)cc1. The Morgan fingerprint density at radius 2 is 1.73 bits per heavy atom. The molecule has 0 saturated carbocycles. The molecule has 0 radical (unpaired) electrons. The minimum absolute atomic E-state index is 0.0831. The lowest BCUT2D eigenvalue weighted by molar-refractivity contribution is -0.118. The Bertz CT molecular complexity index is 1660. The Hall–Kier alpha value is -4.66. The Kier molecular flexibility index (Phi) is 7.67. The number of pyridine rings is 1. The summed E-state index contributed by atoms with van der Waals surface area (Å²) < 4.78 is 7.68. The summed E-state index contributed by atoms with van der Waals surface area (Å²) in [6.45, 7) is -0.0831. The molecule has 204 valence electrons. The van der Waals surface area contributed by atoms with Gasteiger partial charge in [-0.1, -0.05) is 41.9 Å². The number of nitrogens with zero attached hydrogens (tertiary/aromatic N) is 3. The molecular weight excluding hydrogens is 554 g/mol. The lowest BCUT2D eigenvalue weighted by Gasteiger charge is -2.29. The van der Waals surface area contributed by atoms with Crippen molar-refractivity contribution in [1.29, 1.82) is 0 Å². The molecule has 3 aromatic carbocycles. The van der Waals surface area contributed by atoms with E-state index in [4.69, 9.17) is 28.6 Å². The molecule has 1 fully saturated rings. The summed E-state index contributed by atoms with van der Waals surface area (Å²) in [5.41, 5.74) is 4.39. The number of hydrogen-bond acceptors (Lipinski definition) is 4. The molecule has 5 aromatic rings. The lowest BCUT2D eigenvalue weighted by atomic mass is 10.0. The zero-order valence-corrected chi connectivity index (χ0v) is 23.4.